The van der Waals surface area contributed by atoms with Crippen LogP contribution in [0.1, 0.15) is 12.8 Å². The molecule has 70 valence electrons. The first-order valence-electron chi connectivity index (χ1n) is 2.02. The Labute approximate surface area is 98.3 Å². The quantitative estimate of drug-likeness (QED) is 0.422. The molecule has 0 spiro atoms. The maximum atomic E-state index is 9.50. The smallest absolute Gasteiger partial charge is 0.550 e. The molecule has 0 rings (SSSR count). The summed E-state index contributed by atoms with van der Waals surface area (Å²) in [6.45, 7) is 0. The van der Waals surface area contributed by atoms with E-state index in [1.165, 1.54) is 0 Å². The van der Waals surface area contributed by atoms with E-state index in [1.807, 2.05) is 0 Å². The SMILES string of the molecule is O.O.O.O=C([O-])CCC(=O)[O-].[Ca+2]. The molecule has 0 saturated carbocycles. The largest absolute Gasteiger partial charge is 2.00 e. The van der Waals surface area contributed by atoms with Crippen molar-refractivity contribution in [1.29, 1.82) is 0 Å². The van der Waals surface area contributed by atoms with E-state index >= 15 is 0 Å². The Morgan fingerprint density at radius 3 is 1.08 bits per heavy atom. The average molecular weight is 210 g/mol. The summed E-state index contributed by atoms with van der Waals surface area (Å²) in [4.78, 5) is 19.0. The zero-order valence-electron chi connectivity index (χ0n) is 6.25. The third-order valence-electron chi connectivity index (χ3n) is 0.533. The molecule has 0 aliphatic carbocycles. The van der Waals surface area contributed by atoms with Gasteiger partial charge in [-0.05, 0) is 12.8 Å². The van der Waals surface area contributed by atoms with Gasteiger partial charge in [0.05, 0.1) is 0 Å². The fourth-order valence-corrected chi connectivity index (χ4v) is 0.204. The van der Waals surface area contributed by atoms with Crippen LogP contribution in [0.2, 0.25) is 0 Å². The van der Waals surface area contributed by atoms with Crippen molar-refractivity contribution in [2.75, 3.05) is 0 Å². The minimum Gasteiger partial charge on any atom is -0.550 e. The fraction of sp³-hybridized carbons (Fsp3) is 0.500. The predicted octanol–water partition coefficient (Wildman–Crippen LogP) is -5.59. The molecule has 0 bridgehead atoms. The van der Waals surface area contributed by atoms with Crippen LogP contribution in [0.5, 0.6) is 0 Å². The van der Waals surface area contributed by atoms with Gasteiger partial charge >= 0.3 is 37.7 Å². The van der Waals surface area contributed by atoms with Gasteiger partial charge in [0.15, 0.2) is 0 Å². The number of hydrogen-bond acceptors (Lipinski definition) is 4. The van der Waals surface area contributed by atoms with Gasteiger partial charge in [-0.3, -0.25) is 0 Å². The van der Waals surface area contributed by atoms with E-state index in [9.17, 15) is 19.8 Å². The monoisotopic (exact) mass is 210 g/mol. The van der Waals surface area contributed by atoms with Gasteiger partial charge in [-0.25, -0.2) is 0 Å². The van der Waals surface area contributed by atoms with Crippen LogP contribution in [0.3, 0.4) is 0 Å². The number of carboxylic acids is 2. The van der Waals surface area contributed by atoms with Crippen LogP contribution in [0.4, 0.5) is 0 Å². The Balaban J connectivity index is -0.0000000408. The number of rotatable bonds is 3. The first kappa shape index (κ1) is 29.6. The molecule has 7 nitrogen and oxygen atoms in total. The van der Waals surface area contributed by atoms with Crippen molar-refractivity contribution in [3.8, 4) is 0 Å². The Bertz CT molecular complexity index is 100.0. The van der Waals surface area contributed by atoms with E-state index in [0.29, 0.717) is 0 Å². The van der Waals surface area contributed by atoms with Crippen LogP contribution < -0.4 is 10.2 Å². The van der Waals surface area contributed by atoms with Crippen LogP contribution in [0.25, 0.3) is 0 Å². The molecule has 0 heterocycles. The summed E-state index contributed by atoms with van der Waals surface area (Å²) in [6, 6.07) is 0. The molecule has 0 radical (unpaired) electrons. The van der Waals surface area contributed by atoms with Crippen LogP contribution in [-0.4, -0.2) is 66.1 Å². The number of carboxylic acid groups (broad SMARTS) is 2. The zero-order chi connectivity index (χ0) is 6.57. The molecule has 0 fully saturated rings. The minimum atomic E-state index is -1.37. The first-order chi connectivity index (χ1) is 3.63. The van der Waals surface area contributed by atoms with Crippen molar-refractivity contribution in [2.45, 2.75) is 12.8 Å². The average Bonchev–Trinajstić information content (AvgIpc) is 1.61. The molecule has 0 amide bonds. The Morgan fingerprint density at radius 1 is 0.833 bits per heavy atom. The van der Waals surface area contributed by atoms with Crippen molar-refractivity contribution in [3.05, 3.63) is 0 Å². The first-order valence-corrected chi connectivity index (χ1v) is 2.02. The van der Waals surface area contributed by atoms with Gasteiger partial charge in [0.2, 0.25) is 0 Å². The van der Waals surface area contributed by atoms with Crippen LogP contribution in [0, 0.1) is 0 Å². The van der Waals surface area contributed by atoms with Gasteiger partial charge in [-0.1, -0.05) is 0 Å². The Kier molecular flexibility index (Phi) is 42.5. The minimum absolute atomic E-state index is 0. The summed E-state index contributed by atoms with van der Waals surface area (Å²) in [7, 11) is 0. The molecule has 0 aromatic heterocycles. The summed E-state index contributed by atoms with van der Waals surface area (Å²) in [6.07, 6.45) is -0.940. The second-order valence-electron chi connectivity index (χ2n) is 1.24. The van der Waals surface area contributed by atoms with E-state index in [-0.39, 0.29) is 54.2 Å². The third kappa shape index (κ3) is 32.2. The molecule has 6 N–H and O–H groups in total. The van der Waals surface area contributed by atoms with Gasteiger partial charge in [-0.2, -0.15) is 0 Å². The standard InChI is InChI=1S/C4H6O4.Ca.3H2O/c5-3(6)1-2-4(7)8;;;;/h1-2H2,(H,5,6)(H,7,8);;3*1H2/q;+2;;;/p-2. The number of hydrogen-bond donors (Lipinski definition) is 0. The normalized spacial score (nSPS) is 5.67. The van der Waals surface area contributed by atoms with E-state index < -0.39 is 24.8 Å². The maximum Gasteiger partial charge on any atom is 2.00 e. The molecule has 0 aromatic carbocycles. The molecule has 0 atom stereocenters. The van der Waals surface area contributed by atoms with Crippen molar-refractivity contribution in [1.82, 2.24) is 0 Å². The summed E-state index contributed by atoms with van der Waals surface area (Å²) in [5.74, 6) is -2.73. The van der Waals surface area contributed by atoms with Gasteiger partial charge in [0.1, 0.15) is 0 Å². The van der Waals surface area contributed by atoms with Crippen LogP contribution in [-0.2, 0) is 9.59 Å². The second kappa shape index (κ2) is 17.2. The van der Waals surface area contributed by atoms with Crippen molar-refractivity contribution in [3.63, 3.8) is 0 Å². The van der Waals surface area contributed by atoms with E-state index in [0.717, 1.165) is 0 Å². The third-order valence-corrected chi connectivity index (χ3v) is 0.533. The number of carbonyl (C=O) groups excluding carboxylic acids is 2. The Morgan fingerprint density at radius 2 is 1.00 bits per heavy atom. The molecule has 0 aliphatic heterocycles. The zero-order valence-corrected chi connectivity index (χ0v) is 8.46. The van der Waals surface area contributed by atoms with Crippen molar-refractivity contribution >= 4 is 49.7 Å². The molecule has 0 unspecified atom stereocenters. The Hall–Kier alpha value is 0.0797. The maximum absolute atomic E-state index is 9.50. The molecular formula is C4H10CaO7. The number of aliphatic carboxylic acids is 2. The van der Waals surface area contributed by atoms with Gasteiger partial charge < -0.3 is 36.2 Å². The number of carbonyl (C=O) groups is 2. The fourth-order valence-electron chi connectivity index (χ4n) is 0.204. The van der Waals surface area contributed by atoms with E-state index in [1.54, 1.807) is 0 Å². The van der Waals surface area contributed by atoms with Crippen molar-refractivity contribution < 1.29 is 36.2 Å². The summed E-state index contributed by atoms with van der Waals surface area (Å²) in [5, 5.41) is 19.0. The molecule has 0 aromatic rings. The second-order valence-corrected chi connectivity index (χ2v) is 1.24. The van der Waals surface area contributed by atoms with Gasteiger partial charge in [0.25, 0.3) is 0 Å². The molecule has 12 heavy (non-hydrogen) atoms. The van der Waals surface area contributed by atoms with Crippen LogP contribution in [0.15, 0.2) is 0 Å². The van der Waals surface area contributed by atoms with Gasteiger partial charge in [-0.15, -0.1) is 0 Å². The summed E-state index contributed by atoms with van der Waals surface area (Å²) < 4.78 is 0. The van der Waals surface area contributed by atoms with Gasteiger partial charge in [0, 0.05) is 11.9 Å². The van der Waals surface area contributed by atoms with Crippen molar-refractivity contribution in [2.24, 2.45) is 0 Å². The summed E-state index contributed by atoms with van der Waals surface area (Å²) >= 11 is 0. The molecule has 0 saturated heterocycles. The molecular weight excluding hydrogens is 200 g/mol. The summed E-state index contributed by atoms with van der Waals surface area (Å²) in [5.41, 5.74) is 0. The van der Waals surface area contributed by atoms with E-state index in [4.69, 9.17) is 0 Å². The van der Waals surface area contributed by atoms with E-state index in [2.05, 4.69) is 0 Å². The molecule has 8 heteroatoms. The molecule has 0 aliphatic rings. The predicted molar refractivity (Wildman–Crippen MR) is 35.8 cm³/mol. The topological polar surface area (TPSA) is 175 Å². The van der Waals surface area contributed by atoms with Crippen LogP contribution >= 0.6 is 0 Å².